The molecule has 6 heteroatoms. The Kier molecular flexibility index (Phi) is 3.06. The molecule has 82 valence electrons. The van der Waals surface area contributed by atoms with Crippen LogP contribution in [0.25, 0.3) is 0 Å². The lowest BCUT2D eigenvalue weighted by Crippen LogP contribution is -2.26. The van der Waals surface area contributed by atoms with E-state index in [1.54, 1.807) is 0 Å². The summed E-state index contributed by atoms with van der Waals surface area (Å²) >= 11 is 1.41. The molecular weight excluding hydrogens is 224 g/mol. The molecule has 1 aliphatic heterocycles. The van der Waals surface area contributed by atoms with Crippen LogP contribution in [0, 0.1) is 18.3 Å². The molecule has 1 aromatic rings. The van der Waals surface area contributed by atoms with Crippen molar-refractivity contribution in [2.24, 2.45) is 5.92 Å². The normalized spacial score (nSPS) is 19.9. The van der Waals surface area contributed by atoms with Gasteiger partial charge in [-0.3, -0.25) is 9.69 Å². The molecule has 1 amide bonds. The summed E-state index contributed by atoms with van der Waals surface area (Å²) in [6, 6.07) is 0. The van der Waals surface area contributed by atoms with Crippen molar-refractivity contribution in [3.05, 3.63) is 6.33 Å². The summed E-state index contributed by atoms with van der Waals surface area (Å²) in [6.45, 7) is 0.493. The minimum Gasteiger partial charge on any atom is -0.279 e. The molecule has 0 aliphatic carbocycles. The van der Waals surface area contributed by atoms with Gasteiger partial charge in [0.05, 0.1) is 0 Å². The maximum absolute atomic E-state index is 11.7. The first kappa shape index (κ1) is 10.9. The fraction of sp³-hybridized carbons (Fsp3) is 0.400. The lowest BCUT2D eigenvalue weighted by molar-refractivity contribution is -0.117. The van der Waals surface area contributed by atoms with E-state index in [4.69, 9.17) is 6.42 Å². The molecule has 1 aliphatic rings. The summed E-state index contributed by atoms with van der Waals surface area (Å²) in [5.41, 5.74) is 0. The Hall–Kier alpha value is -1.61. The number of hydrogen-bond acceptors (Lipinski definition) is 5. The van der Waals surface area contributed by atoms with Crippen LogP contribution in [-0.4, -0.2) is 33.7 Å². The Balaban J connectivity index is 2.24. The summed E-state index contributed by atoms with van der Waals surface area (Å²) in [6.07, 6.45) is 8.96. The van der Waals surface area contributed by atoms with Crippen LogP contribution in [0.15, 0.2) is 11.5 Å². The molecule has 1 fully saturated rings. The molecule has 0 saturated carbocycles. The van der Waals surface area contributed by atoms with Crippen LogP contribution in [0.4, 0.5) is 5.95 Å². The van der Waals surface area contributed by atoms with Crippen molar-refractivity contribution in [3.8, 4) is 12.3 Å². The molecule has 1 aromatic heterocycles. The smallest absolute Gasteiger partial charge is 0.236 e. The molecule has 0 bridgehead atoms. The second-order valence-corrected chi connectivity index (χ2v) is 4.12. The van der Waals surface area contributed by atoms with Gasteiger partial charge in [-0.05, 0) is 6.26 Å². The summed E-state index contributed by atoms with van der Waals surface area (Å²) < 4.78 is 0. The van der Waals surface area contributed by atoms with Gasteiger partial charge < -0.3 is 0 Å². The van der Waals surface area contributed by atoms with Crippen molar-refractivity contribution in [2.45, 2.75) is 11.6 Å². The predicted molar refractivity (Wildman–Crippen MR) is 60.9 cm³/mol. The number of anilines is 1. The third kappa shape index (κ3) is 1.99. The molecule has 1 saturated heterocycles. The maximum Gasteiger partial charge on any atom is 0.236 e. The highest BCUT2D eigenvalue weighted by molar-refractivity contribution is 7.98. The van der Waals surface area contributed by atoms with Crippen molar-refractivity contribution in [3.63, 3.8) is 0 Å². The van der Waals surface area contributed by atoms with E-state index in [1.165, 1.54) is 23.0 Å². The fourth-order valence-corrected chi connectivity index (χ4v) is 1.84. The highest BCUT2D eigenvalue weighted by Crippen LogP contribution is 2.22. The zero-order valence-electron chi connectivity index (χ0n) is 8.75. The zero-order valence-corrected chi connectivity index (χ0v) is 9.57. The highest BCUT2D eigenvalue weighted by Gasteiger charge is 2.31. The summed E-state index contributed by atoms with van der Waals surface area (Å²) in [5.74, 6) is 2.91. The van der Waals surface area contributed by atoms with Gasteiger partial charge in [-0.2, -0.15) is 4.98 Å². The largest absolute Gasteiger partial charge is 0.279 e. The third-order valence-electron chi connectivity index (χ3n) is 2.32. The molecule has 0 N–H and O–H groups in total. The highest BCUT2D eigenvalue weighted by atomic mass is 32.2. The average Bonchev–Trinajstić information content (AvgIpc) is 2.71. The van der Waals surface area contributed by atoms with Gasteiger partial charge in [0, 0.05) is 18.9 Å². The number of aromatic nitrogens is 3. The number of thioether (sulfide) groups is 1. The zero-order chi connectivity index (χ0) is 11.5. The Bertz CT molecular complexity index is 456. The lowest BCUT2D eigenvalue weighted by Gasteiger charge is -2.12. The van der Waals surface area contributed by atoms with E-state index < -0.39 is 0 Å². The molecule has 5 nitrogen and oxygen atoms in total. The standard InChI is InChI=1S/C10H10N4OS/c1-3-7-4-8(15)14(5-7)9-11-6-12-10(13-9)16-2/h1,6-7H,4-5H2,2H3. The maximum atomic E-state index is 11.7. The molecule has 16 heavy (non-hydrogen) atoms. The number of terminal acetylenes is 1. The second-order valence-electron chi connectivity index (χ2n) is 3.34. The van der Waals surface area contributed by atoms with Gasteiger partial charge in [-0.1, -0.05) is 11.8 Å². The van der Waals surface area contributed by atoms with Crippen LogP contribution in [0.3, 0.4) is 0 Å². The predicted octanol–water partition coefficient (Wildman–Crippen LogP) is 0.580. The van der Waals surface area contributed by atoms with Gasteiger partial charge in [-0.15, -0.1) is 12.3 Å². The van der Waals surface area contributed by atoms with Gasteiger partial charge in [0.1, 0.15) is 6.33 Å². The van der Waals surface area contributed by atoms with E-state index in [1.807, 2.05) is 6.26 Å². The molecule has 1 unspecified atom stereocenters. The average molecular weight is 234 g/mol. The van der Waals surface area contributed by atoms with E-state index >= 15 is 0 Å². The molecular formula is C10H10N4OS. The van der Waals surface area contributed by atoms with Crippen molar-refractivity contribution in [2.75, 3.05) is 17.7 Å². The molecule has 2 rings (SSSR count). The first-order valence-corrected chi connectivity index (χ1v) is 5.96. The Morgan fingerprint density at radius 2 is 2.44 bits per heavy atom. The summed E-state index contributed by atoms with van der Waals surface area (Å²) in [5, 5.41) is 0.599. The number of hydrogen-bond donors (Lipinski definition) is 0. The second kappa shape index (κ2) is 4.49. The summed E-state index contributed by atoms with van der Waals surface area (Å²) in [4.78, 5) is 25.3. The molecule has 2 heterocycles. The lowest BCUT2D eigenvalue weighted by atomic mass is 10.1. The van der Waals surface area contributed by atoms with Crippen LogP contribution in [-0.2, 0) is 4.79 Å². The van der Waals surface area contributed by atoms with Crippen molar-refractivity contribution < 1.29 is 4.79 Å². The fourth-order valence-electron chi connectivity index (χ4n) is 1.51. The van der Waals surface area contributed by atoms with E-state index in [9.17, 15) is 4.79 Å². The molecule has 0 aromatic carbocycles. The van der Waals surface area contributed by atoms with Crippen LogP contribution in [0.1, 0.15) is 6.42 Å². The third-order valence-corrected chi connectivity index (χ3v) is 2.88. The van der Waals surface area contributed by atoms with Crippen molar-refractivity contribution >= 4 is 23.6 Å². The Morgan fingerprint density at radius 1 is 1.62 bits per heavy atom. The van der Waals surface area contributed by atoms with Crippen LogP contribution in [0.2, 0.25) is 0 Å². The Labute approximate surface area is 97.7 Å². The van der Waals surface area contributed by atoms with E-state index in [-0.39, 0.29) is 11.8 Å². The van der Waals surface area contributed by atoms with Gasteiger partial charge in [0.25, 0.3) is 0 Å². The quantitative estimate of drug-likeness (QED) is 0.553. The van der Waals surface area contributed by atoms with Crippen LogP contribution < -0.4 is 4.90 Å². The van der Waals surface area contributed by atoms with Gasteiger partial charge in [0.15, 0.2) is 5.16 Å². The summed E-state index contributed by atoms with van der Waals surface area (Å²) in [7, 11) is 0. The monoisotopic (exact) mass is 234 g/mol. The number of amides is 1. The first-order valence-electron chi connectivity index (χ1n) is 4.74. The number of nitrogens with zero attached hydrogens (tertiary/aromatic N) is 4. The number of rotatable bonds is 2. The number of carbonyl (C=O) groups excluding carboxylic acids is 1. The van der Waals surface area contributed by atoms with Crippen molar-refractivity contribution in [1.82, 2.24) is 15.0 Å². The van der Waals surface area contributed by atoms with Crippen molar-refractivity contribution in [1.29, 1.82) is 0 Å². The minimum absolute atomic E-state index is 0.0267. The van der Waals surface area contributed by atoms with Crippen LogP contribution in [0.5, 0.6) is 0 Å². The van der Waals surface area contributed by atoms with Gasteiger partial charge >= 0.3 is 0 Å². The Morgan fingerprint density at radius 3 is 3.06 bits per heavy atom. The van der Waals surface area contributed by atoms with E-state index in [0.717, 1.165) is 0 Å². The SMILES string of the molecule is C#CC1CC(=O)N(c2ncnc(SC)n2)C1. The molecule has 1 atom stereocenters. The van der Waals surface area contributed by atoms with Gasteiger partial charge in [-0.25, -0.2) is 9.97 Å². The van der Waals surface area contributed by atoms with E-state index in [2.05, 4.69) is 20.9 Å². The molecule has 0 spiro atoms. The minimum atomic E-state index is -0.0398. The van der Waals surface area contributed by atoms with Gasteiger partial charge in [0.2, 0.25) is 11.9 Å². The molecule has 0 radical (unpaired) electrons. The number of carbonyl (C=O) groups is 1. The van der Waals surface area contributed by atoms with Crippen LogP contribution >= 0.6 is 11.8 Å². The topological polar surface area (TPSA) is 59.0 Å². The van der Waals surface area contributed by atoms with E-state index in [0.29, 0.717) is 24.1 Å². The first-order chi connectivity index (χ1) is 7.74.